The first-order valence-electron chi connectivity index (χ1n) is 8.45. The first-order chi connectivity index (χ1) is 12.6. The van der Waals surface area contributed by atoms with Crippen LogP contribution in [0.3, 0.4) is 0 Å². The van der Waals surface area contributed by atoms with Gasteiger partial charge in [-0.25, -0.2) is 9.97 Å². The van der Waals surface area contributed by atoms with Gasteiger partial charge < -0.3 is 24.4 Å². The molecule has 10 nitrogen and oxygen atoms in total. The minimum Gasteiger partial charge on any atom is -0.479 e. The molecule has 0 spiro atoms. The summed E-state index contributed by atoms with van der Waals surface area (Å²) in [6.07, 6.45) is 0.470. The zero-order chi connectivity index (χ0) is 18.7. The van der Waals surface area contributed by atoms with Crippen LogP contribution in [0.25, 0.3) is 11.2 Å². The molecule has 1 aliphatic rings. The fourth-order valence-corrected chi connectivity index (χ4v) is 2.83. The molecule has 3 heterocycles. The summed E-state index contributed by atoms with van der Waals surface area (Å²) in [6.45, 7) is 1.84. The number of aliphatic hydroxyl groups is 2. The molecule has 0 aromatic carbocycles. The van der Waals surface area contributed by atoms with Gasteiger partial charge in [0.2, 0.25) is 5.88 Å². The van der Waals surface area contributed by atoms with E-state index in [1.54, 1.807) is 0 Å². The molecule has 4 atom stereocenters. The molecule has 142 valence electrons. The van der Waals surface area contributed by atoms with Gasteiger partial charge in [-0.1, -0.05) is 13.3 Å². The highest BCUT2D eigenvalue weighted by molar-refractivity contribution is 5.76. The van der Waals surface area contributed by atoms with E-state index >= 15 is 0 Å². The number of esters is 1. The molecule has 1 saturated heterocycles. The number of unbranched alkanes of at least 4 members (excludes halogenated alkanes) is 1. The summed E-state index contributed by atoms with van der Waals surface area (Å²) in [4.78, 5) is 23.9. The van der Waals surface area contributed by atoms with E-state index in [-0.39, 0.29) is 12.6 Å². The number of carbonyl (C=O) groups is 1. The number of fused-ring (bicyclic) bond motifs is 1. The smallest absolute Gasteiger partial charge is 0.305 e. The van der Waals surface area contributed by atoms with E-state index in [4.69, 9.17) is 14.2 Å². The van der Waals surface area contributed by atoms with E-state index in [9.17, 15) is 15.0 Å². The van der Waals surface area contributed by atoms with E-state index < -0.39 is 24.5 Å². The molecule has 0 bridgehead atoms. The molecule has 2 aromatic heterocycles. The molecule has 0 saturated carbocycles. The Morgan fingerprint density at radius 2 is 2.12 bits per heavy atom. The number of methoxy groups -OCH3 is 1. The fourth-order valence-electron chi connectivity index (χ4n) is 2.83. The Kier molecular flexibility index (Phi) is 5.64. The second kappa shape index (κ2) is 7.94. The van der Waals surface area contributed by atoms with Crippen molar-refractivity contribution in [2.24, 2.45) is 0 Å². The summed E-state index contributed by atoms with van der Waals surface area (Å²) in [7, 11) is 1.47. The van der Waals surface area contributed by atoms with Crippen molar-refractivity contribution in [3.05, 3.63) is 12.7 Å². The predicted octanol–water partition coefficient (Wildman–Crippen LogP) is 0.187. The lowest BCUT2D eigenvalue weighted by atomic mass is 10.1. The van der Waals surface area contributed by atoms with E-state index in [1.165, 1.54) is 24.3 Å². The van der Waals surface area contributed by atoms with Crippen molar-refractivity contribution in [2.45, 2.75) is 50.7 Å². The van der Waals surface area contributed by atoms with Crippen LogP contribution in [0.15, 0.2) is 12.7 Å². The third-order valence-electron chi connectivity index (χ3n) is 4.27. The Hall–Kier alpha value is -2.30. The molecular formula is C16H22N4O6. The molecule has 0 amide bonds. The molecule has 0 radical (unpaired) electrons. The lowest BCUT2D eigenvalue weighted by molar-refractivity contribution is -0.150. The Labute approximate surface area is 149 Å². The Morgan fingerprint density at radius 3 is 2.85 bits per heavy atom. The molecule has 2 aromatic rings. The zero-order valence-electron chi connectivity index (χ0n) is 14.6. The summed E-state index contributed by atoms with van der Waals surface area (Å²) in [5.41, 5.74) is 0.809. The molecule has 1 aliphatic heterocycles. The van der Waals surface area contributed by atoms with Crippen LogP contribution in [0.1, 0.15) is 32.4 Å². The lowest BCUT2D eigenvalue weighted by Crippen LogP contribution is -2.34. The zero-order valence-corrected chi connectivity index (χ0v) is 14.6. The molecule has 0 unspecified atom stereocenters. The largest absolute Gasteiger partial charge is 0.479 e. The van der Waals surface area contributed by atoms with Gasteiger partial charge in [-0.3, -0.25) is 9.36 Å². The maximum absolute atomic E-state index is 11.6. The monoisotopic (exact) mass is 366 g/mol. The van der Waals surface area contributed by atoms with Crippen LogP contribution in [0.4, 0.5) is 0 Å². The van der Waals surface area contributed by atoms with Gasteiger partial charge in [0.25, 0.3) is 0 Å². The fraction of sp³-hybridized carbons (Fsp3) is 0.625. The van der Waals surface area contributed by atoms with Crippen LogP contribution < -0.4 is 4.74 Å². The van der Waals surface area contributed by atoms with Crippen LogP contribution in [0.5, 0.6) is 5.88 Å². The van der Waals surface area contributed by atoms with Crippen molar-refractivity contribution in [3.63, 3.8) is 0 Å². The van der Waals surface area contributed by atoms with Gasteiger partial charge in [-0.05, 0) is 6.42 Å². The maximum atomic E-state index is 11.6. The van der Waals surface area contributed by atoms with Crippen molar-refractivity contribution in [3.8, 4) is 5.88 Å². The number of carbonyl (C=O) groups excluding carboxylic acids is 1. The minimum absolute atomic E-state index is 0.137. The molecule has 2 N–H and O–H groups in total. The number of imidazole rings is 1. The van der Waals surface area contributed by atoms with Gasteiger partial charge >= 0.3 is 5.97 Å². The highest BCUT2D eigenvalue weighted by atomic mass is 16.6. The van der Waals surface area contributed by atoms with Gasteiger partial charge in [-0.2, -0.15) is 4.98 Å². The van der Waals surface area contributed by atoms with Crippen molar-refractivity contribution in [1.82, 2.24) is 19.5 Å². The van der Waals surface area contributed by atoms with Crippen molar-refractivity contribution in [2.75, 3.05) is 13.7 Å². The first-order valence-corrected chi connectivity index (χ1v) is 8.45. The molecule has 0 aliphatic carbocycles. The summed E-state index contributed by atoms with van der Waals surface area (Å²) >= 11 is 0. The molecular weight excluding hydrogens is 344 g/mol. The first kappa shape index (κ1) is 18.5. The van der Waals surface area contributed by atoms with Crippen LogP contribution in [0, 0.1) is 0 Å². The normalized spacial score (nSPS) is 25.5. The number of hydrogen-bond donors (Lipinski definition) is 2. The number of hydrogen-bond acceptors (Lipinski definition) is 9. The number of aliphatic hydroxyl groups excluding tert-OH is 2. The summed E-state index contributed by atoms with van der Waals surface area (Å²) in [5.74, 6) is -0.0608. The van der Waals surface area contributed by atoms with Crippen LogP contribution in [-0.2, 0) is 14.3 Å². The summed E-state index contributed by atoms with van der Waals surface area (Å²) < 4.78 is 17.5. The van der Waals surface area contributed by atoms with Crippen molar-refractivity contribution in [1.29, 1.82) is 0 Å². The van der Waals surface area contributed by atoms with Crippen LogP contribution in [0.2, 0.25) is 0 Å². The van der Waals surface area contributed by atoms with Gasteiger partial charge in [0, 0.05) is 6.42 Å². The predicted molar refractivity (Wildman–Crippen MR) is 88.3 cm³/mol. The second-order valence-corrected chi connectivity index (χ2v) is 6.04. The highest BCUT2D eigenvalue weighted by Crippen LogP contribution is 2.32. The minimum atomic E-state index is -1.23. The van der Waals surface area contributed by atoms with E-state index in [2.05, 4.69) is 15.0 Å². The van der Waals surface area contributed by atoms with Crippen LogP contribution in [-0.4, -0.2) is 67.7 Å². The van der Waals surface area contributed by atoms with Gasteiger partial charge in [0.1, 0.15) is 31.2 Å². The lowest BCUT2D eigenvalue weighted by Gasteiger charge is -2.16. The number of aromatic nitrogens is 4. The summed E-state index contributed by atoms with van der Waals surface area (Å²) in [5, 5.41) is 20.6. The van der Waals surface area contributed by atoms with E-state index in [1.807, 2.05) is 6.92 Å². The number of ether oxygens (including phenoxy) is 3. The second-order valence-electron chi connectivity index (χ2n) is 6.04. The summed E-state index contributed by atoms with van der Waals surface area (Å²) in [6, 6.07) is 0. The third-order valence-corrected chi connectivity index (χ3v) is 4.27. The van der Waals surface area contributed by atoms with Crippen molar-refractivity contribution >= 4 is 17.1 Å². The average Bonchev–Trinajstić information content (AvgIpc) is 3.20. The Bertz CT molecular complexity index is 766. The topological polar surface area (TPSA) is 129 Å². The third kappa shape index (κ3) is 3.48. The van der Waals surface area contributed by atoms with Crippen LogP contribution >= 0.6 is 0 Å². The highest BCUT2D eigenvalue weighted by Gasteiger charge is 2.45. The Morgan fingerprint density at radius 1 is 1.31 bits per heavy atom. The molecule has 10 heteroatoms. The Balaban J connectivity index is 1.73. The molecule has 3 rings (SSSR count). The number of nitrogens with zero attached hydrogens (tertiary/aromatic N) is 4. The van der Waals surface area contributed by atoms with E-state index in [0.29, 0.717) is 23.5 Å². The van der Waals surface area contributed by atoms with Gasteiger partial charge in [-0.15, -0.1) is 0 Å². The quantitative estimate of drug-likeness (QED) is 0.660. The average molecular weight is 366 g/mol. The number of rotatable bonds is 7. The van der Waals surface area contributed by atoms with Gasteiger partial charge in [0.15, 0.2) is 17.4 Å². The van der Waals surface area contributed by atoms with Gasteiger partial charge in [0.05, 0.1) is 13.4 Å². The molecule has 1 fully saturated rings. The maximum Gasteiger partial charge on any atom is 0.305 e. The van der Waals surface area contributed by atoms with Crippen molar-refractivity contribution < 1.29 is 29.2 Å². The SMILES string of the molecule is CCCCC(=O)OC[C@H]1O[C@@H](n2cnc3c(OC)ncnc32)[C@@H](O)[C@@H]1O. The van der Waals surface area contributed by atoms with E-state index in [0.717, 1.165) is 12.8 Å². The molecule has 26 heavy (non-hydrogen) atoms. The standard InChI is InChI=1S/C16H22N4O6/c1-3-4-5-10(21)25-6-9-12(22)13(23)16(26-9)20-8-19-11-14(20)17-7-18-15(11)24-2/h7-9,12-13,16,22-23H,3-6H2,1-2H3/t9-,12-,13+,16-/m1/s1.